The number of hydrogen-bond donors (Lipinski definition) is 1. The van der Waals surface area contributed by atoms with E-state index >= 15 is 0 Å². The number of hydrogen-bond acceptors (Lipinski definition) is 2. The standard InChI is InChI=1S/C17H26N2O/c1-13-9-10-14-7-5-6-8-15(14)19(13)16(20)11-12-18-17(2,3)4/h5-8,13,18H,9-12H2,1-4H3. The van der Waals surface area contributed by atoms with E-state index in [1.165, 1.54) is 5.56 Å². The molecule has 0 aromatic heterocycles. The fourth-order valence-corrected chi connectivity index (χ4v) is 2.73. The molecular weight excluding hydrogens is 248 g/mol. The molecule has 1 aromatic rings. The first-order chi connectivity index (χ1) is 9.38. The number of nitrogens with one attached hydrogen (secondary N) is 1. The van der Waals surface area contributed by atoms with Gasteiger partial charge in [0.05, 0.1) is 0 Å². The van der Waals surface area contributed by atoms with Gasteiger partial charge >= 0.3 is 0 Å². The molecule has 0 aliphatic carbocycles. The Bertz CT molecular complexity index is 476. The van der Waals surface area contributed by atoms with Crippen LogP contribution in [-0.4, -0.2) is 24.0 Å². The lowest BCUT2D eigenvalue weighted by Crippen LogP contribution is -2.44. The number of amides is 1. The van der Waals surface area contributed by atoms with Crippen LogP contribution in [0.4, 0.5) is 5.69 Å². The average Bonchev–Trinajstić information content (AvgIpc) is 2.36. The predicted octanol–water partition coefficient (Wildman–Crippen LogP) is 3.13. The zero-order chi connectivity index (χ0) is 14.8. The summed E-state index contributed by atoms with van der Waals surface area (Å²) in [6.07, 6.45) is 2.67. The molecular formula is C17H26N2O. The minimum absolute atomic E-state index is 0.0612. The number of aryl methyl sites for hydroxylation is 1. The SMILES string of the molecule is CC1CCc2ccccc2N1C(=O)CCNC(C)(C)C. The van der Waals surface area contributed by atoms with Crippen LogP contribution >= 0.6 is 0 Å². The van der Waals surface area contributed by atoms with Crippen molar-refractivity contribution < 1.29 is 4.79 Å². The maximum absolute atomic E-state index is 12.5. The van der Waals surface area contributed by atoms with Crippen LogP contribution in [0.5, 0.6) is 0 Å². The van der Waals surface area contributed by atoms with Gasteiger partial charge in [0.25, 0.3) is 0 Å². The lowest BCUT2D eigenvalue weighted by atomic mass is 9.96. The van der Waals surface area contributed by atoms with E-state index in [2.05, 4.69) is 51.2 Å². The van der Waals surface area contributed by atoms with Gasteiger partial charge in [0.1, 0.15) is 0 Å². The number of nitrogens with zero attached hydrogens (tertiary/aromatic N) is 1. The highest BCUT2D eigenvalue weighted by molar-refractivity contribution is 5.95. The molecule has 1 aliphatic heterocycles. The maximum Gasteiger partial charge on any atom is 0.228 e. The van der Waals surface area contributed by atoms with Crippen molar-refractivity contribution in [3.63, 3.8) is 0 Å². The van der Waals surface area contributed by atoms with E-state index < -0.39 is 0 Å². The quantitative estimate of drug-likeness (QED) is 0.918. The van der Waals surface area contributed by atoms with Crippen LogP contribution in [-0.2, 0) is 11.2 Å². The molecule has 0 saturated carbocycles. The molecule has 0 spiro atoms. The van der Waals surface area contributed by atoms with E-state index in [0.29, 0.717) is 12.5 Å². The second kappa shape index (κ2) is 5.96. The van der Waals surface area contributed by atoms with Gasteiger partial charge in [0.15, 0.2) is 0 Å². The Morgan fingerprint density at radius 3 is 2.75 bits per heavy atom. The van der Waals surface area contributed by atoms with Crippen LogP contribution in [0.15, 0.2) is 24.3 Å². The molecule has 1 amide bonds. The van der Waals surface area contributed by atoms with Crippen molar-refractivity contribution in [2.75, 3.05) is 11.4 Å². The molecule has 1 aliphatic rings. The monoisotopic (exact) mass is 274 g/mol. The summed E-state index contributed by atoms with van der Waals surface area (Å²) < 4.78 is 0. The number of benzene rings is 1. The van der Waals surface area contributed by atoms with Crippen LogP contribution in [0.3, 0.4) is 0 Å². The van der Waals surface area contributed by atoms with Gasteiger partial charge in [-0.15, -0.1) is 0 Å². The molecule has 1 atom stereocenters. The highest BCUT2D eigenvalue weighted by atomic mass is 16.2. The number of carbonyl (C=O) groups is 1. The van der Waals surface area contributed by atoms with Crippen molar-refractivity contribution in [2.45, 2.75) is 58.5 Å². The van der Waals surface area contributed by atoms with Crippen molar-refractivity contribution >= 4 is 11.6 Å². The Labute approximate surface area is 122 Å². The normalized spacial score (nSPS) is 18.8. The van der Waals surface area contributed by atoms with Crippen molar-refractivity contribution in [1.29, 1.82) is 0 Å². The van der Waals surface area contributed by atoms with Crippen LogP contribution in [0, 0.1) is 0 Å². The number of anilines is 1. The summed E-state index contributed by atoms with van der Waals surface area (Å²) >= 11 is 0. The third-order valence-corrected chi connectivity index (χ3v) is 3.79. The summed E-state index contributed by atoms with van der Waals surface area (Å²) in [6.45, 7) is 9.24. The zero-order valence-corrected chi connectivity index (χ0v) is 13.1. The summed E-state index contributed by atoms with van der Waals surface area (Å²) in [5.74, 6) is 0.224. The molecule has 2 rings (SSSR count). The molecule has 1 unspecified atom stereocenters. The molecule has 3 nitrogen and oxygen atoms in total. The van der Waals surface area contributed by atoms with Crippen molar-refractivity contribution in [3.8, 4) is 0 Å². The minimum Gasteiger partial charge on any atom is -0.312 e. The molecule has 0 fully saturated rings. The smallest absolute Gasteiger partial charge is 0.228 e. The van der Waals surface area contributed by atoms with Gasteiger partial charge in [-0.25, -0.2) is 0 Å². The summed E-state index contributed by atoms with van der Waals surface area (Å²) in [7, 11) is 0. The molecule has 1 N–H and O–H groups in total. The maximum atomic E-state index is 12.5. The fourth-order valence-electron chi connectivity index (χ4n) is 2.73. The first kappa shape index (κ1) is 15.0. The Morgan fingerprint density at radius 2 is 2.05 bits per heavy atom. The summed E-state index contributed by atoms with van der Waals surface area (Å²) in [6, 6.07) is 8.57. The predicted molar refractivity (Wildman–Crippen MR) is 84.1 cm³/mol. The van der Waals surface area contributed by atoms with E-state index in [-0.39, 0.29) is 11.4 Å². The summed E-state index contributed by atoms with van der Waals surface area (Å²) in [5.41, 5.74) is 2.46. The molecule has 110 valence electrons. The van der Waals surface area contributed by atoms with Gasteiger partial charge in [-0.05, 0) is 52.2 Å². The Morgan fingerprint density at radius 1 is 1.35 bits per heavy atom. The van der Waals surface area contributed by atoms with Crippen molar-refractivity contribution in [1.82, 2.24) is 5.32 Å². The number of fused-ring (bicyclic) bond motifs is 1. The van der Waals surface area contributed by atoms with Gasteiger partial charge in [-0.2, -0.15) is 0 Å². The largest absolute Gasteiger partial charge is 0.312 e. The third kappa shape index (κ3) is 3.60. The van der Waals surface area contributed by atoms with E-state index in [4.69, 9.17) is 0 Å². The number of rotatable bonds is 3. The van der Waals surface area contributed by atoms with E-state index in [0.717, 1.165) is 25.1 Å². The van der Waals surface area contributed by atoms with Gasteiger partial charge in [0.2, 0.25) is 5.91 Å². The van der Waals surface area contributed by atoms with Gasteiger partial charge in [-0.3, -0.25) is 4.79 Å². The summed E-state index contributed by atoms with van der Waals surface area (Å²) in [5, 5.41) is 3.38. The topological polar surface area (TPSA) is 32.3 Å². The van der Waals surface area contributed by atoms with Crippen molar-refractivity contribution in [2.24, 2.45) is 0 Å². The fraction of sp³-hybridized carbons (Fsp3) is 0.588. The highest BCUT2D eigenvalue weighted by Crippen LogP contribution is 2.30. The second-order valence-corrected chi connectivity index (χ2v) is 6.71. The molecule has 0 radical (unpaired) electrons. The number of para-hydroxylation sites is 1. The zero-order valence-electron chi connectivity index (χ0n) is 13.1. The molecule has 20 heavy (non-hydrogen) atoms. The lowest BCUT2D eigenvalue weighted by Gasteiger charge is -2.35. The molecule has 0 saturated heterocycles. The Hall–Kier alpha value is -1.35. The van der Waals surface area contributed by atoms with Crippen LogP contribution in [0.2, 0.25) is 0 Å². The molecule has 1 heterocycles. The Kier molecular flexibility index (Phi) is 4.48. The lowest BCUT2D eigenvalue weighted by molar-refractivity contribution is -0.119. The van der Waals surface area contributed by atoms with Crippen LogP contribution < -0.4 is 10.2 Å². The average molecular weight is 274 g/mol. The van der Waals surface area contributed by atoms with Crippen LogP contribution in [0.1, 0.15) is 46.1 Å². The van der Waals surface area contributed by atoms with Crippen molar-refractivity contribution in [3.05, 3.63) is 29.8 Å². The summed E-state index contributed by atoms with van der Waals surface area (Å²) in [4.78, 5) is 14.5. The first-order valence-electron chi connectivity index (χ1n) is 7.53. The third-order valence-electron chi connectivity index (χ3n) is 3.79. The molecule has 0 bridgehead atoms. The van der Waals surface area contributed by atoms with E-state index in [1.54, 1.807) is 0 Å². The van der Waals surface area contributed by atoms with E-state index in [9.17, 15) is 4.79 Å². The van der Waals surface area contributed by atoms with Crippen LogP contribution in [0.25, 0.3) is 0 Å². The molecule has 1 aromatic carbocycles. The minimum atomic E-state index is 0.0612. The van der Waals surface area contributed by atoms with Gasteiger partial charge in [0, 0.05) is 30.2 Å². The number of carbonyl (C=O) groups excluding carboxylic acids is 1. The van der Waals surface area contributed by atoms with Gasteiger partial charge < -0.3 is 10.2 Å². The molecule has 3 heteroatoms. The van der Waals surface area contributed by atoms with E-state index in [1.807, 2.05) is 11.0 Å². The highest BCUT2D eigenvalue weighted by Gasteiger charge is 2.27. The van der Waals surface area contributed by atoms with Gasteiger partial charge in [-0.1, -0.05) is 18.2 Å². The Balaban J connectivity index is 2.05. The first-order valence-corrected chi connectivity index (χ1v) is 7.53. The second-order valence-electron chi connectivity index (χ2n) is 6.71.